The topological polar surface area (TPSA) is 39.4 Å². The van der Waals surface area contributed by atoms with Crippen LogP contribution in [0.2, 0.25) is 0 Å². The predicted molar refractivity (Wildman–Crippen MR) is 46.2 cm³/mol. The summed E-state index contributed by atoms with van der Waals surface area (Å²) < 4.78 is 10.1. The number of hydrogen-bond acceptors (Lipinski definition) is 3. The van der Waals surface area contributed by atoms with Gasteiger partial charge in [0.25, 0.3) is 0 Å². The first kappa shape index (κ1) is 8.35. The zero-order chi connectivity index (χ0) is 9.26. The van der Waals surface area contributed by atoms with Crippen molar-refractivity contribution in [2.75, 3.05) is 6.61 Å². The van der Waals surface area contributed by atoms with Crippen LogP contribution < -0.4 is 0 Å². The van der Waals surface area contributed by atoms with E-state index in [4.69, 9.17) is 9.15 Å². The maximum absolute atomic E-state index is 11.2. The van der Waals surface area contributed by atoms with Gasteiger partial charge in [-0.3, -0.25) is 4.79 Å². The minimum Gasteiger partial charge on any atom is -0.469 e. The van der Waals surface area contributed by atoms with Gasteiger partial charge in [0.05, 0.1) is 18.8 Å². The number of carbonyl (C=O) groups excluding carboxylic acids is 1. The number of esters is 1. The Morgan fingerprint density at radius 3 is 3.23 bits per heavy atom. The lowest BCUT2D eigenvalue weighted by molar-refractivity contribution is -0.144. The van der Waals surface area contributed by atoms with Crippen LogP contribution in [-0.2, 0) is 9.53 Å². The molecule has 1 saturated carbocycles. The summed E-state index contributed by atoms with van der Waals surface area (Å²) in [6.45, 7) is 2.28. The molecule has 2 atom stereocenters. The highest BCUT2D eigenvalue weighted by Gasteiger charge is 2.46. The fraction of sp³-hybridized carbons (Fsp3) is 0.500. The van der Waals surface area contributed by atoms with E-state index in [2.05, 4.69) is 0 Å². The second kappa shape index (κ2) is 3.24. The molecule has 3 heteroatoms. The van der Waals surface area contributed by atoms with Gasteiger partial charge in [-0.2, -0.15) is 0 Å². The molecule has 1 aliphatic carbocycles. The van der Waals surface area contributed by atoms with Gasteiger partial charge in [-0.25, -0.2) is 0 Å². The molecule has 2 rings (SSSR count). The Balaban J connectivity index is 1.92. The van der Waals surface area contributed by atoms with Crippen molar-refractivity contribution in [3.63, 3.8) is 0 Å². The lowest BCUT2D eigenvalue weighted by Gasteiger charge is -1.98. The summed E-state index contributed by atoms with van der Waals surface area (Å²) in [5.41, 5.74) is 0. The van der Waals surface area contributed by atoms with Gasteiger partial charge in [-0.15, -0.1) is 0 Å². The molecule has 1 aliphatic rings. The quantitative estimate of drug-likeness (QED) is 0.667. The molecule has 0 aromatic carbocycles. The maximum atomic E-state index is 11.2. The van der Waals surface area contributed by atoms with Gasteiger partial charge in [-0.05, 0) is 25.5 Å². The molecule has 1 aromatic heterocycles. The minimum absolute atomic E-state index is 0.0334. The van der Waals surface area contributed by atoms with E-state index >= 15 is 0 Å². The van der Waals surface area contributed by atoms with E-state index in [9.17, 15) is 4.79 Å². The van der Waals surface area contributed by atoms with E-state index < -0.39 is 0 Å². The van der Waals surface area contributed by atoms with E-state index in [1.807, 2.05) is 19.1 Å². The van der Waals surface area contributed by atoms with Gasteiger partial charge in [0, 0.05) is 5.92 Å². The Morgan fingerprint density at radius 2 is 2.62 bits per heavy atom. The molecule has 0 saturated heterocycles. The predicted octanol–water partition coefficient (Wildman–Crippen LogP) is 1.95. The highest BCUT2D eigenvalue weighted by atomic mass is 16.5. The standard InChI is InChI=1S/C10H12O3/c1-2-12-10(11)8-6-7(8)9-4-3-5-13-9/h3-5,7-8H,2,6H2,1H3. The van der Waals surface area contributed by atoms with Gasteiger partial charge in [0.15, 0.2) is 0 Å². The maximum Gasteiger partial charge on any atom is 0.309 e. The molecule has 0 N–H and O–H groups in total. The normalized spacial score (nSPS) is 25.6. The Labute approximate surface area is 76.7 Å². The van der Waals surface area contributed by atoms with E-state index in [0.717, 1.165) is 12.2 Å². The highest BCUT2D eigenvalue weighted by Crippen LogP contribution is 2.48. The van der Waals surface area contributed by atoms with Crippen molar-refractivity contribution in [2.24, 2.45) is 5.92 Å². The lowest BCUT2D eigenvalue weighted by Crippen LogP contribution is -2.06. The second-order valence-electron chi connectivity index (χ2n) is 3.22. The summed E-state index contributed by atoms with van der Waals surface area (Å²) in [6, 6.07) is 3.75. The first-order valence-corrected chi connectivity index (χ1v) is 4.53. The summed E-state index contributed by atoms with van der Waals surface area (Å²) in [5, 5.41) is 0. The molecule has 13 heavy (non-hydrogen) atoms. The van der Waals surface area contributed by atoms with Gasteiger partial charge in [-0.1, -0.05) is 0 Å². The molecule has 0 amide bonds. The minimum atomic E-state index is -0.0936. The third-order valence-corrected chi connectivity index (χ3v) is 2.29. The summed E-state index contributed by atoms with van der Waals surface area (Å²) in [7, 11) is 0. The number of ether oxygens (including phenoxy) is 1. The average Bonchev–Trinajstić information content (AvgIpc) is 2.74. The number of rotatable bonds is 3. The largest absolute Gasteiger partial charge is 0.469 e. The first-order valence-electron chi connectivity index (χ1n) is 4.53. The van der Waals surface area contributed by atoms with E-state index in [1.54, 1.807) is 6.26 Å². The lowest BCUT2D eigenvalue weighted by atomic mass is 10.2. The zero-order valence-electron chi connectivity index (χ0n) is 7.53. The molecule has 0 bridgehead atoms. The van der Waals surface area contributed by atoms with Crippen molar-refractivity contribution in [1.29, 1.82) is 0 Å². The second-order valence-corrected chi connectivity index (χ2v) is 3.22. The molecular formula is C10H12O3. The van der Waals surface area contributed by atoms with Crippen molar-refractivity contribution in [1.82, 2.24) is 0 Å². The van der Waals surface area contributed by atoms with Crippen LogP contribution in [0.1, 0.15) is 25.0 Å². The van der Waals surface area contributed by atoms with Gasteiger partial charge in [0.1, 0.15) is 5.76 Å². The molecule has 1 heterocycles. The summed E-state index contributed by atoms with van der Waals surface area (Å²) in [5.74, 6) is 1.10. The molecule has 2 unspecified atom stereocenters. The van der Waals surface area contributed by atoms with Crippen molar-refractivity contribution in [3.05, 3.63) is 24.2 Å². The van der Waals surface area contributed by atoms with Crippen LogP contribution in [0.5, 0.6) is 0 Å². The van der Waals surface area contributed by atoms with Crippen LogP contribution >= 0.6 is 0 Å². The van der Waals surface area contributed by atoms with Crippen molar-refractivity contribution >= 4 is 5.97 Å². The summed E-state index contributed by atoms with van der Waals surface area (Å²) >= 11 is 0. The smallest absolute Gasteiger partial charge is 0.309 e. The van der Waals surface area contributed by atoms with Crippen LogP contribution in [0, 0.1) is 5.92 Å². The summed E-state index contributed by atoms with van der Waals surface area (Å²) in [4.78, 5) is 11.2. The van der Waals surface area contributed by atoms with Crippen LogP contribution in [0.15, 0.2) is 22.8 Å². The Morgan fingerprint density at radius 1 is 1.77 bits per heavy atom. The van der Waals surface area contributed by atoms with E-state index in [-0.39, 0.29) is 17.8 Å². The molecule has 0 aliphatic heterocycles. The first-order chi connectivity index (χ1) is 6.33. The molecule has 70 valence electrons. The van der Waals surface area contributed by atoms with E-state index in [0.29, 0.717) is 6.61 Å². The third kappa shape index (κ3) is 1.59. The number of hydrogen-bond donors (Lipinski definition) is 0. The Kier molecular flexibility index (Phi) is 2.08. The van der Waals surface area contributed by atoms with Crippen molar-refractivity contribution < 1.29 is 13.9 Å². The van der Waals surface area contributed by atoms with Crippen LogP contribution in [0.25, 0.3) is 0 Å². The Hall–Kier alpha value is -1.25. The summed E-state index contributed by atoms with van der Waals surface area (Å²) in [6.07, 6.45) is 2.50. The average molecular weight is 180 g/mol. The zero-order valence-corrected chi connectivity index (χ0v) is 7.53. The van der Waals surface area contributed by atoms with Crippen molar-refractivity contribution in [3.8, 4) is 0 Å². The monoisotopic (exact) mass is 180 g/mol. The fourth-order valence-electron chi connectivity index (χ4n) is 1.52. The van der Waals surface area contributed by atoms with Crippen LogP contribution in [-0.4, -0.2) is 12.6 Å². The van der Waals surface area contributed by atoms with Gasteiger partial charge in [0.2, 0.25) is 0 Å². The van der Waals surface area contributed by atoms with E-state index in [1.165, 1.54) is 0 Å². The van der Waals surface area contributed by atoms with Crippen LogP contribution in [0.4, 0.5) is 0 Å². The molecule has 0 radical (unpaired) electrons. The molecule has 1 aromatic rings. The number of furan rings is 1. The Bertz CT molecular complexity index is 289. The SMILES string of the molecule is CCOC(=O)C1CC1c1ccco1. The van der Waals surface area contributed by atoms with Crippen LogP contribution in [0.3, 0.4) is 0 Å². The molecular weight excluding hydrogens is 168 g/mol. The highest BCUT2D eigenvalue weighted by molar-refractivity contribution is 5.77. The molecule has 3 nitrogen and oxygen atoms in total. The molecule has 0 spiro atoms. The van der Waals surface area contributed by atoms with Gasteiger partial charge < -0.3 is 9.15 Å². The third-order valence-electron chi connectivity index (χ3n) is 2.29. The van der Waals surface area contributed by atoms with Crippen molar-refractivity contribution in [2.45, 2.75) is 19.3 Å². The molecule has 1 fully saturated rings. The number of carbonyl (C=O) groups is 1. The van der Waals surface area contributed by atoms with Gasteiger partial charge >= 0.3 is 5.97 Å². The fourth-order valence-corrected chi connectivity index (χ4v) is 1.52.